The molecule has 0 amide bonds. The van der Waals surface area contributed by atoms with E-state index in [1.54, 1.807) is 0 Å². The maximum atomic E-state index is 10.6. The Morgan fingerprint density at radius 1 is 0.857 bits per heavy atom. The fourth-order valence-electron chi connectivity index (χ4n) is 0.491. The fraction of sp³-hybridized carbons (Fsp3) is 0.500. The number of carbonyl (C=O) groups is 3. The summed E-state index contributed by atoms with van der Waals surface area (Å²) in [7, 11) is 0. The molecular weight excluding hydrogens is 347 g/mol. The van der Waals surface area contributed by atoms with Crippen LogP contribution in [0.2, 0.25) is 0 Å². The van der Waals surface area contributed by atoms with E-state index in [-0.39, 0.29) is 148 Å². The predicted molar refractivity (Wildman–Crippen MR) is 29.1 cm³/mol. The van der Waals surface area contributed by atoms with Gasteiger partial charge in [-0.25, -0.2) is 4.79 Å². The van der Waals surface area contributed by atoms with Crippen molar-refractivity contribution in [2.45, 2.75) is 11.6 Å². The molecule has 0 fully saturated rings. The molecule has 0 aromatic heterocycles. The second-order valence-corrected chi connectivity index (χ2v) is 2.49. The molecule has 0 rings (SSSR count). The summed E-state index contributed by atoms with van der Waals surface area (Å²) in [5.41, 5.74) is 0. The Morgan fingerprint density at radius 2 is 1.19 bits per heavy atom. The van der Waals surface area contributed by atoms with Crippen molar-refractivity contribution in [2.24, 2.45) is 0 Å². The average Bonchev–Trinajstić information content (AvgIpc) is 2.13. The third kappa shape index (κ3) is 12.3. The standard InChI is InChI=1S/C6H4O10.5Na/c7-2(8)1-16-4(11)6(14,15)5(12,13)3(9)10;;;;;/h1H2,(H,7,8)(H,9,10);;;;;/q-4;5*+1/p-1. The SMILES string of the molecule is O=C(O)COC(=O)C([O-])([O-])C([O-])([O-])C(=O)[O-].[Na+].[Na+].[Na+].[Na+].[Na+]. The smallest absolute Gasteiger partial charge is 0.860 e. The Morgan fingerprint density at radius 3 is 1.43 bits per heavy atom. The molecule has 0 aliphatic heterocycles. The van der Waals surface area contributed by atoms with Gasteiger partial charge in [-0.3, -0.25) is 4.79 Å². The third-order valence-electron chi connectivity index (χ3n) is 1.30. The molecule has 0 radical (unpaired) electrons. The first-order chi connectivity index (χ1) is 7.03. The van der Waals surface area contributed by atoms with E-state index in [0.717, 1.165) is 0 Å². The zero-order chi connectivity index (χ0) is 13.1. The molecule has 0 spiro atoms. The van der Waals surface area contributed by atoms with E-state index in [2.05, 4.69) is 4.74 Å². The molecule has 0 aromatic carbocycles. The summed E-state index contributed by atoms with van der Waals surface area (Å²) in [5, 5.41) is 59.9. The van der Waals surface area contributed by atoms with Crippen molar-refractivity contribution in [3.8, 4) is 0 Å². The summed E-state index contributed by atoms with van der Waals surface area (Å²) in [5.74, 6) is -17.6. The van der Waals surface area contributed by atoms with E-state index in [1.165, 1.54) is 0 Å². The van der Waals surface area contributed by atoms with Crippen molar-refractivity contribution >= 4 is 17.9 Å². The molecule has 10 nitrogen and oxygen atoms in total. The summed E-state index contributed by atoms with van der Waals surface area (Å²) in [6.07, 6.45) is 0. The number of carboxylic acid groups (broad SMARTS) is 2. The van der Waals surface area contributed by atoms with Gasteiger partial charge in [-0.2, -0.15) is 5.79 Å². The first-order valence-electron chi connectivity index (χ1n) is 3.45. The van der Waals surface area contributed by atoms with Crippen LogP contribution in [-0.2, 0) is 19.1 Å². The molecule has 0 aliphatic carbocycles. The molecule has 0 heterocycles. The van der Waals surface area contributed by atoms with Crippen LogP contribution < -0.4 is 173 Å². The number of carbonyl (C=O) groups excluding carboxylic acids is 2. The summed E-state index contributed by atoms with van der Waals surface area (Å²) < 4.78 is 3.45. The van der Waals surface area contributed by atoms with Gasteiger partial charge < -0.3 is 40.2 Å². The quantitative estimate of drug-likeness (QED) is 0.282. The van der Waals surface area contributed by atoms with Crippen LogP contribution in [0.15, 0.2) is 0 Å². The summed E-state index contributed by atoms with van der Waals surface area (Å²) in [6.45, 7) is -1.46. The number of aliphatic carboxylic acids is 2. The van der Waals surface area contributed by atoms with Crippen LogP contribution >= 0.6 is 0 Å². The number of rotatable bonds is 5. The van der Waals surface area contributed by atoms with Gasteiger partial charge in [0.1, 0.15) is 0 Å². The minimum Gasteiger partial charge on any atom is -0.860 e. The van der Waals surface area contributed by atoms with Gasteiger partial charge in [0.05, 0.1) is 0 Å². The van der Waals surface area contributed by atoms with Crippen molar-refractivity contribution in [1.82, 2.24) is 0 Å². The molecule has 1 N–H and O–H groups in total. The summed E-state index contributed by atoms with van der Waals surface area (Å²) in [6, 6.07) is 0. The molecule has 0 aromatic rings. The first-order valence-corrected chi connectivity index (χ1v) is 3.45. The van der Waals surface area contributed by atoms with Crippen LogP contribution in [-0.4, -0.2) is 41.2 Å². The molecule has 0 bridgehead atoms. The molecule has 15 heteroatoms. The van der Waals surface area contributed by atoms with Crippen molar-refractivity contribution in [3.05, 3.63) is 0 Å². The second kappa shape index (κ2) is 16.7. The van der Waals surface area contributed by atoms with E-state index in [1.807, 2.05) is 0 Å². The minimum atomic E-state index is -5.07. The van der Waals surface area contributed by atoms with Gasteiger partial charge in [-0.1, -0.05) is 0 Å². The number of ether oxygens (including phenoxy) is 1. The van der Waals surface area contributed by atoms with Gasteiger partial charge in [-0.05, 0) is 0 Å². The predicted octanol–water partition coefficient (Wildman–Crippen LogP) is -22.8. The van der Waals surface area contributed by atoms with E-state index in [4.69, 9.17) is 5.11 Å². The average molecular weight is 350 g/mol. The Hall–Kier alpha value is 3.25. The number of carboxylic acids is 2. The van der Waals surface area contributed by atoms with Gasteiger partial charge in [0.25, 0.3) is 5.97 Å². The second-order valence-electron chi connectivity index (χ2n) is 2.49. The van der Waals surface area contributed by atoms with Gasteiger partial charge >= 0.3 is 154 Å². The molecular formula is C6H3Na5O10. The van der Waals surface area contributed by atoms with Crippen LogP contribution in [0.4, 0.5) is 0 Å². The van der Waals surface area contributed by atoms with E-state index >= 15 is 0 Å². The maximum absolute atomic E-state index is 10.6. The van der Waals surface area contributed by atoms with Crippen LogP contribution in [0.25, 0.3) is 0 Å². The van der Waals surface area contributed by atoms with Crippen molar-refractivity contribution in [3.63, 3.8) is 0 Å². The molecule has 92 valence electrons. The Balaban J connectivity index is -0.000000112. The number of hydrogen-bond donors (Lipinski definition) is 1. The Labute approximate surface area is 229 Å². The molecule has 0 saturated heterocycles. The Bertz CT molecular complexity index is 332. The molecule has 0 atom stereocenters. The third-order valence-corrected chi connectivity index (χ3v) is 1.30. The van der Waals surface area contributed by atoms with Crippen LogP contribution in [0.1, 0.15) is 0 Å². The van der Waals surface area contributed by atoms with Gasteiger partial charge in [-0.15, -0.1) is 5.79 Å². The molecule has 0 aliphatic rings. The zero-order valence-corrected chi connectivity index (χ0v) is 22.3. The maximum Gasteiger partial charge on any atom is 1.00 e. The number of esters is 1. The topological polar surface area (TPSA) is 196 Å². The van der Waals surface area contributed by atoms with Gasteiger partial charge in [0, 0.05) is 5.97 Å². The Kier molecular flexibility index (Phi) is 31.3. The van der Waals surface area contributed by atoms with Crippen molar-refractivity contribution < 1.29 is 198 Å². The van der Waals surface area contributed by atoms with Crippen LogP contribution in [0.5, 0.6) is 0 Å². The summed E-state index contributed by atoms with van der Waals surface area (Å²) >= 11 is 0. The van der Waals surface area contributed by atoms with Gasteiger partial charge in [0.2, 0.25) is 0 Å². The van der Waals surface area contributed by atoms with Crippen LogP contribution in [0, 0.1) is 0 Å². The van der Waals surface area contributed by atoms with Crippen LogP contribution in [0.3, 0.4) is 0 Å². The van der Waals surface area contributed by atoms with Gasteiger partial charge in [0.15, 0.2) is 6.61 Å². The largest absolute Gasteiger partial charge is 1.00 e. The minimum absolute atomic E-state index is 0. The van der Waals surface area contributed by atoms with Crippen molar-refractivity contribution in [2.75, 3.05) is 6.61 Å². The number of hydrogen-bond acceptors (Lipinski definition) is 9. The normalized spacial score (nSPS) is 9.14. The van der Waals surface area contributed by atoms with Crippen molar-refractivity contribution in [1.29, 1.82) is 0 Å². The van der Waals surface area contributed by atoms with E-state index < -0.39 is 36.1 Å². The zero-order valence-electron chi connectivity index (χ0n) is 12.3. The molecule has 21 heavy (non-hydrogen) atoms. The van der Waals surface area contributed by atoms with E-state index in [9.17, 15) is 39.9 Å². The monoisotopic (exact) mass is 350 g/mol. The molecule has 0 saturated carbocycles. The molecule has 0 unspecified atom stereocenters. The first kappa shape index (κ1) is 39.4. The fourth-order valence-corrected chi connectivity index (χ4v) is 0.491. The summed E-state index contributed by atoms with van der Waals surface area (Å²) in [4.78, 5) is 30.2. The van der Waals surface area contributed by atoms with E-state index in [0.29, 0.717) is 0 Å².